The van der Waals surface area contributed by atoms with Crippen LogP contribution in [0.1, 0.15) is 37.7 Å². The summed E-state index contributed by atoms with van der Waals surface area (Å²) in [5, 5.41) is 0. The minimum Gasteiger partial charge on any atom is -0.342 e. The molecule has 1 amide bonds. The molecule has 0 bridgehead atoms. The molecule has 1 saturated heterocycles. The monoisotopic (exact) mass is 243 g/mol. The van der Waals surface area contributed by atoms with Gasteiger partial charge in [0.05, 0.1) is 0 Å². The molecule has 96 valence electrons. The van der Waals surface area contributed by atoms with Crippen LogP contribution in [0.3, 0.4) is 0 Å². The highest BCUT2D eigenvalue weighted by Gasteiger charge is 2.45. The quantitative estimate of drug-likeness (QED) is 0.782. The maximum absolute atomic E-state index is 12.4. The first-order chi connectivity index (χ1) is 8.75. The van der Waals surface area contributed by atoms with Crippen molar-refractivity contribution >= 4 is 5.91 Å². The predicted octanol–water partition coefficient (Wildman–Crippen LogP) is 3.05. The summed E-state index contributed by atoms with van der Waals surface area (Å²) < 4.78 is 0. The average molecular weight is 243 g/mol. The van der Waals surface area contributed by atoms with E-state index < -0.39 is 0 Å². The summed E-state index contributed by atoms with van der Waals surface area (Å²) in [7, 11) is 0. The molecule has 3 atom stereocenters. The van der Waals surface area contributed by atoms with Gasteiger partial charge in [0.25, 0.3) is 0 Å². The second kappa shape index (κ2) is 4.75. The number of nitrogens with zero attached hydrogens (tertiary/aromatic N) is 1. The second-order valence-corrected chi connectivity index (χ2v) is 5.89. The highest BCUT2D eigenvalue weighted by Crippen LogP contribution is 2.48. The molecule has 0 spiro atoms. The molecule has 1 aromatic carbocycles. The van der Waals surface area contributed by atoms with Gasteiger partial charge in [0.15, 0.2) is 0 Å². The lowest BCUT2D eigenvalue weighted by Gasteiger charge is -2.31. The van der Waals surface area contributed by atoms with Crippen LogP contribution in [0.15, 0.2) is 30.3 Å². The highest BCUT2D eigenvalue weighted by atomic mass is 16.2. The summed E-state index contributed by atoms with van der Waals surface area (Å²) in [5.41, 5.74) is 1.33. The molecule has 1 heterocycles. The number of hydrogen-bond donors (Lipinski definition) is 0. The van der Waals surface area contributed by atoms with Crippen molar-refractivity contribution in [3.05, 3.63) is 35.9 Å². The lowest BCUT2D eigenvalue weighted by molar-refractivity contribution is -0.134. The third-order valence-corrected chi connectivity index (χ3v) is 4.30. The van der Waals surface area contributed by atoms with Gasteiger partial charge in [0, 0.05) is 19.0 Å². The molecule has 2 fully saturated rings. The Balaban J connectivity index is 1.62. The molecule has 0 radical (unpaired) electrons. The van der Waals surface area contributed by atoms with Crippen LogP contribution in [0.25, 0.3) is 0 Å². The van der Waals surface area contributed by atoms with E-state index in [9.17, 15) is 4.79 Å². The van der Waals surface area contributed by atoms with E-state index in [2.05, 4.69) is 36.1 Å². The fourth-order valence-corrected chi connectivity index (χ4v) is 3.16. The Kier molecular flexibility index (Phi) is 3.11. The standard InChI is InChI=1S/C16H21NO/c1-12-6-5-9-17(11-12)16(18)15-10-14(15)13-7-3-2-4-8-13/h2-4,7-8,12,14-15H,5-6,9-11H2,1H3/t12-,14+,15+/m0/s1. The lowest BCUT2D eigenvalue weighted by atomic mass is 9.99. The van der Waals surface area contributed by atoms with E-state index in [0.29, 0.717) is 17.7 Å². The summed E-state index contributed by atoms with van der Waals surface area (Å²) in [6.07, 6.45) is 3.50. The molecule has 3 rings (SSSR count). The van der Waals surface area contributed by atoms with Gasteiger partial charge < -0.3 is 4.90 Å². The minimum atomic E-state index is 0.262. The number of rotatable bonds is 2. The Bertz CT molecular complexity index is 428. The number of piperidine rings is 1. The van der Waals surface area contributed by atoms with Crippen LogP contribution < -0.4 is 0 Å². The Morgan fingerprint density at radius 1 is 1.28 bits per heavy atom. The zero-order valence-corrected chi connectivity index (χ0v) is 11.0. The van der Waals surface area contributed by atoms with Gasteiger partial charge in [0.1, 0.15) is 0 Å². The summed E-state index contributed by atoms with van der Waals surface area (Å²) in [4.78, 5) is 14.5. The Hall–Kier alpha value is -1.31. The van der Waals surface area contributed by atoms with Crippen LogP contribution in [0.4, 0.5) is 0 Å². The molecular formula is C16H21NO. The zero-order valence-electron chi connectivity index (χ0n) is 11.0. The molecule has 2 heteroatoms. The fraction of sp³-hybridized carbons (Fsp3) is 0.562. The number of hydrogen-bond acceptors (Lipinski definition) is 1. The minimum absolute atomic E-state index is 0.262. The zero-order chi connectivity index (χ0) is 12.5. The van der Waals surface area contributed by atoms with E-state index in [0.717, 1.165) is 19.5 Å². The van der Waals surface area contributed by atoms with Crippen molar-refractivity contribution in [2.24, 2.45) is 11.8 Å². The predicted molar refractivity (Wildman–Crippen MR) is 72.3 cm³/mol. The van der Waals surface area contributed by atoms with Crippen molar-refractivity contribution < 1.29 is 4.79 Å². The van der Waals surface area contributed by atoms with Gasteiger partial charge in [-0.3, -0.25) is 4.79 Å². The normalized spacial score (nSPS) is 31.2. The Morgan fingerprint density at radius 2 is 2.06 bits per heavy atom. The highest BCUT2D eigenvalue weighted by molar-refractivity contribution is 5.83. The maximum Gasteiger partial charge on any atom is 0.226 e. The first-order valence-electron chi connectivity index (χ1n) is 7.09. The van der Waals surface area contributed by atoms with Gasteiger partial charge >= 0.3 is 0 Å². The van der Waals surface area contributed by atoms with Crippen molar-refractivity contribution in [1.82, 2.24) is 4.90 Å². The summed E-state index contributed by atoms with van der Waals surface area (Å²) in [6.45, 7) is 4.19. The molecule has 1 aliphatic heterocycles. The summed E-state index contributed by atoms with van der Waals surface area (Å²) in [6, 6.07) is 10.5. The largest absolute Gasteiger partial charge is 0.342 e. The van der Waals surface area contributed by atoms with E-state index in [1.165, 1.54) is 18.4 Å². The molecular weight excluding hydrogens is 222 g/mol. The van der Waals surface area contributed by atoms with Crippen LogP contribution in [-0.2, 0) is 4.79 Å². The van der Waals surface area contributed by atoms with E-state index >= 15 is 0 Å². The van der Waals surface area contributed by atoms with Crippen LogP contribution in [-0.4, -0.2) is 23.9 Å². The van der Waals surface area contributed by atoms with Crippen molar-refractivity contribution in [2.75, 3.05) is 13.1 Å². The van der Waals surface area contributed by atoms with Gasteiger partial charge in [-0.15, -0.1) is 0 Å². The molecule has 1 aliphatic carbocycles. The smallest absolute Gasteiger partial charge is 0.226 e. The first kappa shape index (κ1) is 11.8. The molecule has 2 aliphatic rings. The maximum atomic E-state index is 12.4. The molecule has 1 saturated carbocycles. The van der Waals surface area contributed by atoms with Crippen molar-refractivity contribution in [1.29, 1.82) is 0 Å². The SMILES string of the molecule is C[C@H]1CCCN(C(=O)[C@@H]2C[C@@H]2c2ccccc2)C1. The summed E-state index contributed by atoms with van der Waals surface area (Å²) in [5.74, 6) is 1.82. The van der Waals surface area contributed by atoms with Gasteiger partial charge in [-0.05, 0) is 36.7 Å². The van der Waals surface area contributed by atoms with Gasteiger partial charge in [0.2, 0.25) is 5.91 Å². The molecule has 18 heavy (non-hydrogen) atoms. The topological polar surface area (TPSA) is 20.3 Å². The van der Waals surface area contributed by atoms with Gasteiger partial charge in [-0.1, -0.05) is 37.3 Å². The molecule has 2 nitrogen and oxygen atoms in total. The van der Waals surface area contributed by atoms with E-state index in [4.69, 9.17) is 0 Å². The number of benzene rings is 1. The van der Waals surface area contributed by atoms with Gasteiger partial charge in [-0.2, -0.15) is 0 Å². The van der Waals surface area contributed by atoms with E-state index in [1.54, 1.807) is 0 Å². The van der Waals surface area contributed by atoms with Crippen LogP contribution in [0, 0.1) is 11.8 Å². The lowest BCUT2D eigenvalue weighted by Crippen LogP contribution is -2.40. The number of likely N-dealkylation sites (tertiary alicyclic amines) is 1. The third-order valence-electron chi connectivity index (χ3n) is 4.30. The van der Waals surface area contributed by atoms with Crippen LogP contribution >= 0.6 is 0 Å². The number of amides is 1. The summed E-state index contributed by atoms with van der Waals surface area (Å²) >= 11 is 0. The fourth-order valence-electron chi connectivity index (χ4n) is 3.16. The van der Waals surface area contributed by atoms with Crippen molar-refractivity contribution in [2.45, 2.75) is 32.1 Å². The molecule has 0 unspecified atom stereocenters. The Labute approximate surface area is 109 Å². The van der Waals surface area contributed by atoms with E-state index in [1.807, 2.05) is 6.07 Å². The second-order valence-electron chi connectivity index (χ2n) is 5.89. The van der Waals surface area contributed by atoms with Crippen LogP contribution in [0.2, 0.25) is 0 Å². The van der Waals surface area contributed by atoms with Crippen molar-refractivity contribution in [3.63, 3.8) is 0 Å². The first-order valence-corrected chi connectivity index (χ1v) is 7.09. The number of carbonyl (C=O) groups is 1. The van der Waals surface area contributed by atoms with Gasteiger partial charge in [-0.25, -0.2) is 0 Å². The molecule has 0 aromatic heterocycles. The van der Waals surface area contributed by atoms with Crippen molar-refractivity contribution in [3.8, 4) is 0 Å². The Morgan fingerprint density at radius 3 is 2.78 bits per heavy atom. The van der Waals surface area contributed by atoms with Crippen LogP contribution in [0.5, 0.6) is 0 Å². The molecule has 0 N–H and O–H groups in total. The average Bonchev–Trinajstić information content (AvgIpc) is 3.19. The third kappa shape index (κ3) is 2.29. The number of carbonyl (C=O) groups excluding carboxylic acids is 1. The molecule has 1 aromatic rings. The van der Waals surface area contributed by atoms with E-state index in [-0.39, 0.29) is 5.92 Å².